The molecule has 0 saturated heterocycles. The van der Waals surface area contributed by atoms with E-state index in [1.165, 1.54) is 33.4 Å². The SMILES string of the molecule is CC([O][Ti+2])c1ccccc1C1C(c2ccccc2)=Cc2ccccc21.[Cl-].[Cl-]. The van der Waals surface area contributed by atoms with Gasteiger partial charge in [0.2, 0.25) is 0 Å². The average molecular weight is 430 g/mol. The Bertz CT molecular complexity index is 924. The van der Waals surface area contributed by atoms with Gasteiger partial charge in [-0.2, -0.15) is 0 Å². The number of halogens is 2. The van der Waals surface area contributed by atoms with Crippen molar-refractivity contribution in [3.8, 4) is 0 Å². The molecule has 0 heterocycles. The zero-order valence-corrected chi connectivity index (χ0v) is 18.0. The maximum absolute atomic E-state index is 5.65. The molecule has 4 rings (SSSR count). The van der Waals surface area contributed by atoms with E-state index in [-0.39, 0.29) is 36.8 Å². The minimum atomic E-state index is 0. The van der Waals surface area contributed by atoms with E-state index in [1.807, 2.05) is 0 Å². The Balaban J connectivity index is 0.00000131. The molecular weight excluding hydrogens is 411 g/mol. The minimum Gasteiger partial charge on any atom is -1.00 e. The fourth-order valence-corrected chi connectivity index (χ4v) is 3.95. The second-order valence-corrected chi connectivity index (χ2v) is 6.78. The van der Waals surface area contributed by atoms with Crippen molar-refractivity contribution in [1.29, 1.82) is 0 Å². The second-order valence-electron chi connectivity index (χ2n) is 6.42. The van der Waals surface area contributed by atoms with E-state index >= 15 is 0 Å². The normalized spacial score (nSPS) is 15.8. The van der Waals surface area contributed by atoms with Crippen LogP contribution in [-0.2, 0) is 24.1 Å². The first-order valence-corrected chi connectivity index (χ1v) is 9.20. The molecule has 0 spiro atoms. The maximum Gasteiger partial charge on any atom is -1.00 e. The third kappa shape index (κ3) is 4.24. The van der Waals surface area contributed by atoms with Gasteiger partial charge in [-0.1, -0.05) is 0 Å². The van der Waals surface area contributed by atoms with Gasteiger partial charge in [0.15, 0.2) is 0 Å². The molecule has 0 fully saturated rings. The molecule has 3 aromatic rings. The summed E-state index contributed by atoms with van der Waals surface area (Å²) in [6, 6.07) is 28.1. The van der Waals surface area contributed by atoms with Crippen molar-refractivity contribution in [1.82, 2.24) is 0 Å². The van der Waals surface area contributed by atoms with Gasteiger partial charge in [-0.15, -0.1) is 0 Å². The fourth-order valence-electron chi connectivity index (χ4n) is 3.75. The van der Waals surface area contributed by atoms with Crippen LogP contribution in [0.15, 0.2) is 78.9 Å². The van der Waals surface area contributed by atoms with Crippen molar-refractivity contribution in [2.24, 2.45) is 0 Å². The second kappa shape index (κ2) is 9.73. The molecule has 0 amide bonds. The van der Waals surface area contributed by atoms with Crippen molar-refractivity contribution in [2.75, 3.05) is 0 Å². The predicted molar refractivity (Wildman–Crippen MR) is 98.5 cm³/mol. The van der Waals surface area contributed by atoms with Gasteiger partial charge in [-0.25, -0.2) is 0 Å². The molecule has 1 nitrogen and oxygen atoms in total. The first-order chi connectivity index (χ1) is 12.3. The van der Waals surface area contributed by atoms with Gasteiger partial charge in [0.25, 0.3) is 0 Å². The van der Waals surface area contributed by atoms with Crippen LogP contribution in [0.5, 0.6) is 0 Å². The third-order valence-electron chi connectivity index (χ3n) is 4.96. The Kier molecular flexibility index (Phi) is 7.91. The molecular formula is C23H19Cl2OTi. The number of fused-ring (bicyclic) bond motifs is 1. The first kappa shape index (κ1) is 21.9. The molecule has 0 radical (unpaired) electrons. The summed E-state index contributed by atoms with van der Waals surface area (Å²) < 4.78 is 5.65. The molecule has 2 atom stereocenters. The number of hydrogen-bond acceptors (Lipinski definition) is 1. The number of allylic oxidation sites excluding steroid dienone is 1. The summed E-state index contributed by atoms with van der Waals surface area (Å²) in [4.78, 5) is 0. The number of benzene rings is 3. The molecule has 0 aromatic heterocycles. The van der Waals surface area contributed by atoms with Gasteiger partial charge in [-0.3, -0.25) is 0 Å². The molecule has 1 aliphatic rings. The topological polar surface area (TPSA) is 9.23 Å². The average Bonchev–Trinajstić information content (AvgIpc) is 3.07. The largest absolute Gasteiger partial charge is 1.00 e. The molecule has 135 valence electrons. The quantitative estimate of drug-likeness (QED) is 0.527. The van der Waals surface area contributed by atoms with Crippen LogP contribution in [0.3, 0.4) is 0 Å². The first-order valence-electron chi connectivity index (χ1n) is 8.56. The van der Waals surface area contributed by atoms with Crippen molar-refractivity contribution in [2.45, 2.75) is 18.9 Å². The monoisotopic (exact) mass is 429 g/mol. The summed E-state index contributed by atoms with van der Waals surface area (Å²) in [5.74, 6) is 0.243. The van der Waals surface area contributed by atoms with E-state index in [0.717, 1.165) is 0 Å². The van der Waals surface area contributed by atoms with Crippen LogP contribution in [0.4, 0.5) is 0 Å². The van der Waals surface area contributed by atoms with E-state index in [4.69, 9.17) is 3.32 Å². The van der Waals surface area contributed by atoms with Gasteiger partial charge >= 0.3 is 161 Å². The van der Waals surface area contributed by atoms with Crippen LogP contribution < -0.4 is 24.8 Å². The van der Waals surface area contributed by atoms with Crippen LogP contribution in [0, 0.1) is 0 Å². The van der Waals surface area contributed by atoms with Gasteiger partial charge in [0.05, 0.1) is 0 Å². The molecule has 1 aliphatic carbocycles. The smallest absolute Gasteiger partial charge is 1.00 e. The summed E-state index contributed by atoms with van der Waals surface area (Å²) in [5.41, 5.74) is 7.91. The van der Waals surface area contributed by atoms with Gasteiger partial charge in [0.1, 0.15) is 0 Å². The molecule has 0 bridgehead atoms. The van der Waals surface area contributed by atoms with E-state index in [1.54, 1.807) is 20.8 Å². The zero-order chi connectivity index (χ0) is 17.2. The Morgan fingerprint density at radius 3 is 2.07 bits per heavy atom. The number of hydrogen-bond donors (Lipinski definition) is 0. The van der Waals surface area contributed by atoms with Crippen molar-refractivity contribution in [3.63, 3.8) is 0 Å². The Morgan fingerprint density at radius 1 is 0.778 bits per heavy atom. The predicted octanol–water partition coefficient (Wildman–Crippen LogP) is -0.0799. The summed E-state index contributed by atoms with van der Waals surface area (Å²) >= 11 is 1.78. The van der Waals surface area contributed by atoms with Gasteiger partial charge < -0.3 is 24.8 Å². The van der Waals surface area contributed by atoms with E-state index in [2.05, 4.69) is 91.9 Å². The molecule has 3 aromatic carbocycles. The maximum atomic E-state index is 5.65. The molecule has 4 heteroatoms. The summed E-state index contributed by atoms with van der Waals surface area (Å²) in [7, 11) is 0. The van der Waals surface area contributed by atoms with Crippen molar-refractivity contribution < 1.29 is 49.0 Å². The van der Waals surface area contributed by atoms with Crippen molar-refractivity contribution >= 4 is 11.6 Å². The summed E-state index contributed by atoms with van der Waals surface area (Å²) in [5, 5.41) is 0. The zero-order valence-electron chi connectivity index (χ0n) is 14.9. The van der Waals surface area contributed by atoms with Gasteiger partial charge in [-0.05, 0) is 0 Å². The summed E-state index contributed by atoms with van der Waals surface area (Å²) in [6.07, 6.45) is 2.41. The van der Waals surface area contributed by atoms with Crippen molar-refractivity contribution in [3.05, 3.63) is 107 Å². The van der Waals surface area contributed by atoms with Crippen LogP contribution in [0.25, 0.3) is 11.6 Å². The Labute approximate surface area is 185 Å². The third-order valence-corrected chi connectivity index (χ3v) is 5.51. The number of rotatable bonds is 4. The van der Waals surface area contributed by atoms with Crippen LogP contribution in [0.2, 0.25) is 0 Å². The minimum absolute atomic E-state index is 0. The van der Waals surface area contributed by atoms with E-state index < -0.39 is 0 Å². The molecule has 0 N–H and O–H groups in total. The standard InChI is InChI=1S/C23H19O.2ClH.Ti/c1-16(24)19-12-7-8-14-21(19)23-20-13-6-5-11-18(20)15-22(23)17-9-3-2-4-10-17;;;/h2-16,23H,1H3;2*1H;/q-1;;;+3/p-2. The Hall–Kier alpha value is -1.35. The fraction of sp³-hybridized carbons (Fsp3) is 0.130. The molecule has 0 aliphatic heterocycles. The molecule has 0 saturated carbocycles. The summed E-state index contributed by atoms with van der Waals surface area (Å²) in [6.45, 7) is 2.12. The van der Waals surface area contributed by atoms with Crippen LogP contribution >= 0.6 is 0 Å². The molecule has 27 heavy (non-hydrogen) atoms. The van der Waals surface area contributed by atoms with Gasteiger partial charge in [0, 0.05) is 0 Å². The van der Waals surface area contributed by atoms with Crippen LogP contribution in [-0.4, -0.2) is 0 Å². The Morgan fingerprint density at radius 2 is 1.37 bits per heavy atom. The van der Waals surface area contributed by atoms with E-state index in [0.29, 0.717) is 0 Å². The van der Waals surface area contributed by atoms with E-state index in [9.17, 15) is 0 Å². The molecule has 2 unspecified atom stereocenters. The van der Waals surface area contributed by atoms with Crippen LogP contribution in [0.1, 0.15) is 46.8 Å².